The van der Waals surface area contributed by atoms with E-state index in [4.69, 9.17) is 4.79 Å². The molecule has 17 heavy (non-hydrogen) atoms. The van der Waals surface area contributed by atoms with Gasteiger partial charge in [0.2, 0.25) is 6.41 Å². The van der Waals surface area contributed by atoms with E-state index in [1.807, 2.05) is 3.88 Å². The average molecular weight is 313 g/mol. The van der Waals surface area contributed by atoms with E-state index in [1.54, 1.807) is 26.2 Å². The minimum Gasteiger partial charge on any atom is -1.00 e. The number of allylic oxidation sites excluding steroid dienone is 4. The fourth-order valence-electron chi connectivity index (χ4n) is 2.27. The quantitative estimate of drug-likeness (QED) is 0.403. The summed E-state index contributed by atoms with van der Waals surface area (Å²) in [6, 6.07) is 0. The number of carbonyl (C=O) groups excluding carboxylic acids is 1. The summed E-state index contributed by atoms with van der Waals surface area (Å²) in [5, 5.41) is 0. The van der Waals surface area contributed by atoms with Crippen LogP contribution in [-0.4, -0.2) is 6.41 Å². The van der Waals surface area contributed by atoms with Crippen molar-refractivity contribution in [2.24, 2.45) is 11.7 Å². The van der Waals surface area contributed by atoms with Gasteiger partial charge in [-0.05, 0) is 0 Å². The number of halogens is 2. The van der Waals surface area contributed by atoms with Gasteiger partial charge in [0.15, 0.2) is 0 Å². The molecule has 0 bridgehead atoms. The van der Waals surface area contributed by atoms with Crippen molar-refractivity contribution in [3.63, 3.8) is 0 Å². The Morgan fingerprint density at radius 2 is 1.59 bits per heavy atom. The van der Waals surface area contributed by atoms with Gasteiger partial charge in [0.1, 0.15) is 0 Å². The number of rotatable bonds is 1. The molecule has 1 aliphatic heterocycles. The first-order valence-corrected chi connectivity index (χ1v) is 8.42. The summed E-state index contributed by atoms with van der Waals surface area (Å²) in [6.07, 6.45) is 0.250. The van der Waals surface area contributed by atoms with Crippen LogP contribution in [0.15, 0.2) is 20.6 Å². The van der Waals surface area contributed by atoms with Crippen LogP contribution < -0.4 is 30.5 Å². The molecule has 0 saturated carbocycles. The summed E-state index contributed by atoms with van der Waals surface area (Å²) in [7, 11) is 0. The van der Waals surface area contributed by atoms with Gasteiger partial charge >= 0.3 is 81.5 Å². The molecule has 2 aliphatic rings. The molecule has 2 nitrogen and oxygen atoms in total. The zero-order chi connectivity index (χ0) is 11.6. The normalized spacial score (nSPS) is 21.2. The third kappa shape index (κ3) is 4.44. The molecule has 5 heteroatoms. The number of carbonyl (C=O) groups is 1. The first-order chi connectivity index (χ1) is 7.04. The van der Waals surface area contributed by atoms with Crippen molar-refractivity contribution < 1.29 is 47.5 Å². The maximum atomic E-state index is 8.58. The summed E-state index contributed by atoms with van der Waals surface area (Å²) < 4.78 is 5.14. The molecular formula is C12H20Cl2NOTi. The van der Waals surface area contributed by atoms with Gasteiger partial charge in [0, 0.05) is 0 Å². The maximum absolute atomic E-state index is 8.58. The molecule has 1 atom stereocenters. The average Bonchev–Trinajstić information content (AvgIpc) is 2.97. The van der Waals surface area contributed by atoms with Crippen LogP contribution in [0.5, 0.6) is 0 Å². The Morgan fingerprint density at radius 1 is 1.18 bits per heavy atom. The predicted octanol–water partition coefficient (Wildman–Crippen LogP) is -3.18. The van der Waals surface area contributed by atoms with Crippen LogP contribution in [0.2, 0.25) is 9.45 Å². The molecule has 1 unspecified atom stereocenters. The number of hydrogen-bond donors (Lipinski definition) is 1. The van der Waals surface area contributed by atoms with Crippen LogP contribution in [0.3, 0.4) is 0 Å². The minimum absolute atomic E-state index is 0. The van der Waals surface area contributed by atoms with E-state index < -0.39 is 17.9 Å². The fraction of sp³-hybridized carbons (Fsp3) is 0.583. The molecule has 0 aromatic carbocycles. The van der Waals surface area contributed by atoms with E-state index in [0.717, 1.165) is 5.92 Å². The molecule has 2 N–H and O–H groups in total. The summed E-state index contributed by atoms with van der Waals surface area (Å²) in [6.45, 7) is 9.37. The van der Waals surface area contributed by atoms with Crippen LogP contribution in [0.4, 0.5) is 0 Å². The summed E-state index contributed by atoms with van der Waals surface area (Å²) in [5.74, 6) is 0.822. The molecule has 0 aromatic rings. The molecule has 0 spiro atoms. The molecule has 1 fully saturated rings. The van der Waals surface area contributed by atoms with Crippen molar-refractivity contribution in [1.82, 2.24) is 0 Å². The first kappa shape index (κ1) is 19.6. The molecule has 0 radical (unpaired) electrons. The molecule has 1 heterocycles. The standard InChI is InChI=1S/C9H13.C2H4.CH3NO.2ClH.Ti/c1-6-5-7(2)9(4)8(6)3;1-2;2-1-3;;;/h6H,1-4H3;1-2H2;1H,(H2,2,3);2*1H;/q;;;;;+2/p-2. The zero-order valence-corrected chi connectivity index (χ0v) is 13.9. The topological polar surface area (TPSA) is 43.1 Å². The molecule has 1 amide bonds. The van der Waals surface area contributed by atoms with Crippen LogP contribution in [-0.2, 0) is 22.7 Å². The smallest absolute Gasteiger partial charge is 0.204 e. The largest absolute Gasteiger partial charge is 1.00 e. The third-order valence-corrected chi connectivity index (χ3v) is 7.53. The van der Waals surface area contributed by atoms with Gasteiger partial charge in [-0.3, -0.25) is 4.79 Å². The molecule has 0 aromatic heterocycles. The van der Waals surface area contributed by atoms with Crippen molar-refractivity contribution in [2.75, 3.05) is 0 Å². The summed E-state index contributed by atoms with van der Waals surface area (Å²) in [4.78, 5) is 8.58. The van der Waals surface area contributed by atoms with Gasteiger partial charge in [-0.2, -0.15) is 0 Å². The summed E-state index contributed by atoms with van der Waals surface area (Å²) in [5.41, 5.74) is 9.09. The van der Waals surface area contributed by atoms with Crippen molar-refractivity contribution in [1.29, 1.82) is 0 Å². The molecule has 1 aliphatic carbocycles. The molecule has 97 valence electrons. The van der Waals surface area contributed by atoms with Crippen molar-refractivity contribution >= 4 is 6.41 Å². The predicted molar refractivity (Wildman–Crippen MR) is 60.1 cm³/mol. The minimum atomic E-state index is -0.584. The summed E-state index contributed by atoms with van der Waals surface area (Å²) >= 11 is -0.584. The Labute approximate surface area is 123 Å². The van der Waals surface area contributed by atoms with Gasteiger partial charge in [0.25, 0.3) is 0 Å². The number of amides is 1. The zero-order valence-electron chi connectivity index (χ0n) is 10.8. The maximum Gasteiger partial charge on any atom is 0.204 e. The van der Waals surface area contributed by atoms with Gasteiger partial charge < -0.3 is 30.5 Å². The van der Waals surface area contributed by atoms with Crippen molar-refractivity contribution in [2.45, 2.75) is 37.1 Å². The Balaban J connectivity index is 0. The Hall–Kier alpha value is 0.244. The van der Waals surface area contributed by atoms with Crippen LogP contribution in [0.1, 0.15) is 27.7 Å². The van der Waals surface area contributed by atoms with E-state index in [0.29, 0.717) is 0 Å². The van der Waals surface area contributed by atoms with Gasteiger partial charge in [0.05, 0.1) is 0 Å². The second-order valence-corrected chi connectivity index (χ2v) is 8.60. The molecule has 1 saturated heterocycles. The van der Waals surface area contributed by atoms with E-state index in [9.17, 15) is 0 Å². The van der Waals surface area contributed by atoms with Crippen molar-refractivity contribution in [3.05, 3.63) is 20.6 Å². The molecular weight excluding hydrogens is 293 g/mol. The number of hydrogen-bond acceptors (Lipinski definition) is 1. The van der Waals surface area contributed by atoms with E-state index >= 15 is 0 Å². The van der Waals surface area contributed by atoms with E-state index in [1.165, 1.54) is 0 Å². The SMILES string of the molecule is CC1=C(C)C(C)[C]([Ti+2]2[CH2][CH2]2)=C1C.NC=O.[Cl-].[Cl-]. The third-order valence-electron chi connectivity index (χ3n) is 3.52. The number of nitrogens with two attached hydrogens (primary N) is 1. The second kappa shape index (κ2) is 8.36. The monoisotopic (exact) mass is 312 g/mol. The van der Waals surface area contributed by atoms with Crippen molar-refractivity contribution in [3.8, 4) is 0 Å². The Kier molecular flexibility index (Phi) is 9.63. The van der Waals surface area contributed by atoms with Gasteiger partial charge in [-0.15, -0.1) is 0 Å². The van der Waals surface area contributed by atoms with E-state index in [2.05, 4.69) is 33.4 Å². The van der Waals surface area contributed by atoms with Gasteiger partial charge in [-0.25, -0.2) is 0 Å². The van der Waals surface area contributed by atoms with E-state index in [-0.39, 0.29) is 31.2 Å². The van der Waals surface area contributed by atoms with Crippen LogP contribution in [0, 0.1) is 5.92 Å². The molecule has 2 rings (SSSR count). The first-order valence-electron chi connectivity index (χ1n) is 5.43. The van der Waals surface area contributed by atoms with Gasteiger partial charge in [-0.1, -0.05) is 0 Å². The Bertz CT molecular complexity index is 335. The Morgan fingerprint density at radius 3 is 1.82 bits per heavy atom. The second-order valence-electron chi connectivity index (χ2n) is 4.31. The number of primary amides is 1. The fourth-order valence-corrected chi connectivity index (χ4v) is 6.52. The van der Waals surface area contributed by atoms with Crippen LogP contribution >= 0.6 is 0 Å². The van der Waals surface area contributed by atoms with Crippen LogP contribution in [0.25, 0.3) is 0 Å².